The Bertz CT molecular complexity index is 224. The summed E-state index contributed by atoms with van der Waals surface area (Å²) in [7, 11) is 0. The lowest BCUT2D eigenvalue weighted by atomic mass is 9.95. The molecule has 2 unspecified atom stereocenters. The van der Waals surface area contributed by atoms with Crippen molar-refractivity contribution in [2.24, 2.45) is 5.92 Å². The number of carbonyl (C=O) groups excluding carboxylic acids is 2. The molecule has 1 rings (SSSR count). The molecule has 4 heteroatoms. The molecule has 0 spiro atoms. The van der Waals surface area contributed by atoms with E-state index in [1.165, 1.54) is 0 Å². The molecule has 0 bridgehead atoms. The van der Waals surface area contributed by atoms with Crippen LogP contribution in [0.4, 0.5) is 0 Å². The van der Waals surface area contributed by atoms with Crippen LogP contribution in [0.2, 0.25) is 0 Å². The summed E-state index contributed by atoms with van der Waals surface area (Å²) in [5.74, 6) is -0.517. The van der Waals surface area contributed by atoms with Gasteiger partial charge in [0.1, 0.15) is 6.29 Å². The average Bonchev–Trinajstić information content (AvgIpc) is 2.79. The van der Waals surface area contributed by atoms with Crippen LogP contribution in [0.1, 0.15) is 39.0 Å². The van der Waals surface area contributed by atoms with Crippen molar-refractivity contribution in [1.82, 2.24) is 5.32 Å². The SMILES string of the molecule is CCCCOC(=O)C(CC=O)C1CCCN1. The van der Waals surface area contributed by atoms with Gasteiger partial charge in [0.05, 0.1) is 12.5 Å². The molecule has 1 saturated heterocycles. The molecule has 0 aromatic carbocycles. The summed E-state index contributed by atoms with van der Waals surface area (Å²) in [6.07, 6.45) is 5.00. The van der Waals surface area contributed by atoms with Crippen LogP contribution in [0, 0.1) is 5.92 Å². The minimum atomic E-state index is -0.295. The lowest BCUT2D eigenvalue weighted by Crippen LogP contribution is -2.37. The standard InChI is InChI=1S/C12H21NO3/c1-2-3-9-16-12(15)10(6-8-14)11-5-4-7-13-11/h8,10-11,13H,2-7,9H2,1H3. The maximum absolute atomic E-state index is 11.8. The highest BCUT2D eigenvalue weighted by atomic mass is 16.5. The molecule has 1 aliphatic heterocycles. The lowest BCUT2D eigenvalue weighted by Gasteiger charge is -2.20. The Morgan fingerprint density at radius 2 is 2.44 bits per heavy atom. The second kappa shape index (κ2) is 7.39. The summed E-state index contributed by atoms with van der Waals surface area (Å²) in [5.41, 5.74) is 0. The van der Waals surface area contributed by atoms with E-state index in [1.807, 2.05) is 0 Å². The number of rotatable bonds is 7. The molecule has 0 aliphatic carbocycles. The van der Waals surface area contributed by atoms with Gasteiger partial charge < -0.3 is 14.8 Å². The van der Waals surface area contributed by atoms with Crippen molar-refractivity contribution in [2.45, 2.75) is 45.1 Å². The number of nitrogens with one attached hydrogen (secondary N) is 1. The fourth-order valence-corrected chi connectivity index (χ4v) is 2.01. The van der Waals surface area contributed by atoms with Crippen molar-refractivity contribution in [2.75, 3.05) is 13.2 Å². The number of carbonyl (C=O) groups is 2. The first kappa shape index (κ1) is 13.2. The Kier molecular flexibility index (Phi) is 6.08. The fourth-order valence-electron chi connectivity index (χ4n) is 2.01. The van der Waals surface area contributed by atoms with Crippen molar-refractivity contribution in [3.8, 4) is 0 Å². The van der Waals surface area contributed by atoms with Crippen LogP contribution < -0.4 is 5.32 Å². The third kappa shape index (κ3) is 3.93. The van der Waals surface area contributed by atoms with Crippen LogP contribution in [0.25, 0.3) is 0 Å². The van der Waals surface area contributed by atoms with E-state index in [4.69, 9.17) is 4.74 Å². The first-order valence-electron chi connectivity index (χ1n) is 6.13. The monoisotopic (exact) mass is 227 g/mol. The summed E-state index contributed by atoms with van der Waals surface area (Å²) in [4.78, 5) is 22.3. The normalized spacial score (nSPS) is 21.7. The lowest BCUT2D eigenvalue weighted by molar-refractivity contribution is -0.150. The predicted molar refractivity (Wildman–Crippen MR) is 61.1 cm³/mol. The predicted octanol–water partition coefficient (Wildman–Crippen LogP) is 1.29. The zero-order chi connectivity index (χ0) is 11.8. The molecular weight excluding hydrogens is 206 g/mol. The van der Waals surface area contributed by atoms with Gasteiger partial charge in [0.15, 0.2) is 0 Å². The first-order chi connectivity index (χ1) is 7.79. The van der Waals surface area contributed by atoms with E-state index in [9.17, 15) is 9.59 Å². The van der Waals surface area contributed by atoms with Crippen molar-refractivity contribution >= 4 is 12.3 Å². The van der Waals surface area contributed by atoms with Gasteiger partial charge in [-0.1, -0.05) is 13.3 Å². The van der Waals surface area contributed by atoms with Crippen LogP contribution in [-0.4, -0.2) is 31.4 Å². The highest BCUT2D eigenvalue weighted by Crippen LogP contribution is 2.19. The van der Waals surface area contributed by atoms with Gasteiger partial charge in [-0.05, 0) is 25.8 Å². The molecule has 4 nitrogen and oxygen atoms in total. The molecule has 2 atom stereocenters. The largest absolute Gasteiger partial charge is 0.465 e. The van der Waals surface area contributed by atoms with E-state index in [0.29, 0.717) is 6.61 Å². The number of hydrogen-bond donors (Lipinski definition) is 1. The van der Waals surface area contributed by atoms with Crippen molar-refractivity contribution in [3.63, 3.8) is 0 Å². The van der Waals surface area contributed by atoms with Gasteiger partial charge in [-0.2, -0.15) is 0 Å². The Labute approximate surface area is 96.7 Å². The number of unbranched alkanes of at least 4 members (excludes halogenated alkanes) is 1. The quantitative estimate of drug-likeness (QED) is 0.404. The van der Waals surface area contributed by atoms with Crippen LogP contribution >= 0.6 is 0 Å². The van der Waals surface area contributed by atoms with Crippen LogP contribution in [0.15, 0.2) is 0 Å². The van der Waals surface area contributed by atoms with Gasteiger partial charge in [0.2, 0.25) is 0 Å². The maximum Gasteiger partial charge on any atom is 0.310 e. The highest BCUT2D eigenvalue weighted by Gasteiger charge is 2.31. The summed E-state index contributed by atoms with van der Waals surface area (Å²) >= 11 is 0. The smallest absolute Gasteiger partial charge is 0.310 e. The third-order valence-corrected chi connectivity index (χ3v) is 2.98. The molecule has 0 radical (unpaired) electrons. The minimum absolute atomic E-state index is 0.124. The van der Waals surface area contributed by atoms with Crippen LogP contribution in [0.3, 0.4) is 0 Å². The second-order valence-electron chi connectivity index (χ2n) is 4.23. The number of esters is 1. The summed E-state index contributed by atoms with van der Waals surface area (Å²) in [5, 5.41) is 3.25. The zero-order valence-electron chi connectivity index (χ0n) is 9.91. The van der Waals surface area contributed by atoms with Gasteiger partial charge in [-0.25, -0.2) is 0 Å². The van der Waals surface area contributed by atoms with E-state index >= 15 is 0 Å². The van der Waals surface area contributed by atoms with Crippen LogP contribution in [-0.2, 0) is 14.3 Å². The minimum Gasteiger partial charge on any atom is -0.465 e. The molecule has 92 valence electrons. The Balaban J connectivity index is 2.41. The molecule has 1 heterocycles. The Morgan fingerprint density at radius 3 is 3.00 bits per heavy atom. The molecule has 0 amide bonds. The number of aldehydes is 1. The molecule has 1 N–H and O–H groups in total. The Morgan fingerprint density at radius 1 is 1.62 bits per heavy atom. The summed E-state index contributed by atoms with van der Waals surface area (Å²) in [6.45, 7) is 3.45. The molecule has 16 heavy (non-hydrogen) atoms. The summed E-state index contributed by atoms with van der Waals surface area (Å²) in [6, 6.07) is 0.124. The molecule has 1 aliphatic rings. The fraction of sp³-hybridized carbons (Fsp3) is 0.833. The van der Waals surface area contributed by atoms with Crippen LogP contribution in [0.5, 0.6) is 0 Å². The molecule has 0 saturated carbocycles. The van der Waals surface area contributed by atoms with Crippen molar-refractivity contribution in [3.05, 3.63) is 0 Å². The van der Waals surface area contributed by atoms with Gasteiger partial charge in [0, 0.05) is 12.5 Å². The van der Waals surface area contributed by atoms with Gasteiger partial charge in [-0.15, -0.1) is 0 Å². The number of hydrogen-bond acceptors (Lipinski definition) is 4. The van der Waals surface area contributed by atoms with Crippen molar-refractivity contribution < 1.29 is 14.3 Å². The van der Waals surface area contributed by atoms with Crippen molar-refractivity contribution in [1.29, 1.82) is 0 Å². The second-order valence-corrected chi connectivity index (χ2v) is 4.23. The number of ether oxygens (including phenoxy) is 1. The van der Waals surface area contributed by atoms with Gasteiger partial charge in [-0.3, -0.25) is 4.79 Å². The van der Waals surface area contributed by atoms with E-state index in [1.54, 1.807) is 0 Å². The summed E-state index contributed by atoms with van der Waals surface area (Å²) < 4.78 is 5.17. The zero-order valence-corrected chi connectivity index (χ0v) is 9.91. The molecule has 0 aromatic rings. The third-order valence-electron chi connectivity index (χ3n) is 2.98. The van der Waals surface area contributed by atoms with Gasteiger partial charge in [0.25, 0.3) is 0 Å². The molecule has 1 fully saturated rings. The Hall–Kier alpha value is -0.900. The van der Waals surface area contributed by atoms with E-state index < -0.39 is 0 Å². The maximum atomic E-state index is 11.8. The topological polar surface area (TPSA) is 55.4 Å². The first-order valence-corrected chi connectivity index (χ1v) is 6.13. The van der Waals surface area contributed by atoms with E-state index in [2.05, 4.69) is 12.2 Å². The van der Waals surface area contributed by atoms with E-state index in [-0.39, 0.29) is 24.3 Å². The highest BCUT2D eigenvalue weighted by molar-refractivity contribution is 5.76. The van der Waals surface area contributed by atoms with Gasteiger partial charge >= 0.3 is 5.97 Å². The molecule has 0 aromatic heterocycles. The average molecular weight is 227 g/mol. The van der Waals surface area contributed by atoms with E-state index in [0.717, 1.165) is 38.5 Å². The molecular formula is C12H21NO3.